The van der Waals surface area contributed by atoms with E-state index < -0.39 is 11.4 Å². The van der Waals surface area contributed by atoms with Gasteiger partial charge in [-0.25, -0.2) is 0 Å². The van der Waals surface area contributed by atoms with E-state index in [0.29, 0.717) is 0 Å². The van der Waals surface area contributed by atoms with Gasteiger partial charge in [-0.3, -0.25) is 4.79 Å². The van der Waals surface area contributed by atoms with Crippen LogP contribution in [0.4, 0.5) is 0 Å². The van der Waals surface area contributed by atoms with Gasteiger partial charge in [0.1, 0.15) is 0 Å². The normalized spacial score (nSPS) is 29.2. The van der Waals surface area contributed by atoms with Crippen LogP contribution in [0.1, 0.15) is 37.3 Å². The molecule has 2 atom stereocenters. The Hall–Kier alpha value is -1.31. The number of carboxylic acids is 1. The quantitative estimate of drug-likeness (QED) is 0.828. The van der Waals surface area contributed by atoms with E-state index in [0.717, 1.165) is 30.4 Å². The molecule has 1 aliphatic rings. The molecule has 0 saturated heterocycles. The van der Waals surface area contributed by atoms with Gasteiger partial charge in [0, 0.05) is 0 Å². The Kier molecular flexibility index (Phi) is 2.75. The number of rotatable bonds is 2. The fourth-order valence-corrected chi connectivity index (χ4v) is 3.09. The van der Waals surface area contributed by atoms with E-state index in [1.165, 1.54) is 0 Å². The van der Waals surface area contributed by atoms with Crippen LogP contribution in [-0.4, -0.2) is 11.1 Å². The summed E-state index contributed by atoms with van der Waals surface area (Å²) in [6.07, 6.45) is 2.80. The van der Waals surface area contributed by atoms with Crippen LogP contribution in [0.2, 0.25) is 0 Å². The second kappa shape index (κ2) is 3.93. The van der Waals surface area contributed by atoms with Gasteiger partial charge in [0.15, 0.2) is 0 Å². The summed E-state index contributed by atoms with van der Waals surface area (Å²) in [6.45, 7) is 4.07. The molecule has 16 heavy (non-hydrogen) atoms. The fourth-order valence-electron chi connectivity index (χ4n) is 3.09. The number of aryl methyl sites for hydroxylation is 1. The molecule has 0 spiro atoms. The SMILES string of the molecule is Cc1ccccc1C1(C(=O)O)CCCC1C. The number of benzene rings is 1. The average molecular weight is 218 g/mol. The Balaban J connectivity index is 2.57. The molecule has 86 valence electrons. The van der Waals surface area contributed by atoms with Crippen molar-refractivity contribution in [3.05, 3.63) is 35.4 Å². The highest BCUT2D eigenvalue weighted by atomic mass is 16.4. The van der Waals surface area contributed by atoms with Crippen LogP contribution in [0, 0.1) is 12.8 Å². The highest BCUT2D eigenvalue weighted by Crippen LogP contribution is 2.46. The number of carbonyl (C=O) groups is 1. The first kappa shape index (κ1) is 11.2. The highest BCUT2D eigenvalue weighted by molar-refractivity contribution is 5.82. The van der Waals surface area contributed by atoms with Gasteiger partial charge in [-0.1, -0.05) is 37.6 Å². The largest absolute Gasteiger partial charge is 0.481 e. The maximum Gasteiger partial charge on any atom is 0.314 e. The second-order valence-electron chi connectivity index (χ2n) is 4.88. The van der Waals surface area contributed by atoms with Gasteiger partial charge >= 0.3 is 5.97 Å². The second-order valence-corrected chi connectivity index (χ2v) is 4.88. The molecule has 2 rings (SSSR count). The van der Waals surface area contributed by atoms with Crippen molar-refractivity contribution in [2.24, 2.45) is 5.92 Å². The lowest BCUT2D eigenvalue weighted by Crippen LogP contribution is -2.38. The highest BCUT2D eigenvalue weighted by Gasteiger charge is 2.48. The van der Waals surface area contributed by atoms with Crippen LogP contribution in [-0.2, 0) is 10.2 Å². The van der Waals surface area contributed by atoms with Crippen LogP contribution in [0.15, 0.2) is 24.3 Å². The molecule has 2 nitrogen and oxygen atoms in total. The minimum Gasteiger partial charge on any atom is -0.481 e. The molecule has 0 heterocycles. The topological polar surface area (TPSA) is 37.3 Å². The van der Waals surface area contributed by atoms with E-state index in [-0.39, 0.29) is 5.92 Å². The van der Waals surface area contributed by atoms with Gasteiger partial charge in [0.2, 0.25) is 0 Å². The van der Waals surface area contributed by atoms with Crippen LogP contribution < -0.4 is 0 Å². The molecule has 0 aromatic heterocycles. The van der Waals surface area contributed by atoms with Gasteiger partial charge < -0.3 is 5.11 Å². The minimum absolute atomic E-state index is 0.228. The Morgan fingerprint density at radius 3 is 2.62 bits per heavy atom. The van der Waals surface area contributed by atoms with Crippen molar-refractivity contribution >= 4 is 5.97 Å². The summed E-state index contributed by atoms with van der Waals surface area (Å²) in [7, 11) is 0. The zero-order valence-electron chi connectivity index (χ0n) is 9.86. The number of aliphatic carboxylic acids is 1. The van der Waals surface area contributed by atoms with Crippen molar-refractivity contribution in [1.82, 2.24) is 0 Å². The van der Waals surface area contributed by atoms with Crippen LogP contribution in [0.25, 0.3) is 0 Å². The van der Waals surface area contributed by atoms with Crippen LogP contribution >= 0.6 is 0 Å². The Labute approximate surface area is 96.3 Å². The van der Waals surface area contributed by atoms with Gasteiger partial charge in [0.25, 0.3) is 0 Å². The smallest absolute Gasteiger partial charge is 0.314 e. The molecule has 2 unspecified atom stereocenters. The summed E-state index contributed by atoms with van der Waals surface area (Å²) >= 11 is 0. The molecule has 1 aromatic rings. The zero-order chi connectivity index (χ0) is 11.8. The van der Waals surface area contributed by atoms with Crippen LogP contribution in [0.3, 0.4) is 0 Å². The van der Waals surface area contributed by atoms with E-state index >= 15 is 0 Å². The molecule has 2 heteroatoms. The molecule has 1 fully saturated rings. The average Bonchev–Trinajstić information content (AvgIpc) is 2.62. The maximum absolute atomic E-state index is 11.7. The lowest BCUT2D eigenvalue weighted by molar-refractivity contribution is -0.145. The first-order chi connectivity index (χ1) is 7.59. The van der Waals surface area contributed by atoms with E-state index in [4.69, 9.17) is 0 Å². The molecule has 1 aliphatic carbocycles. The third kappa shape index (κ3) is 1.44. The summed E-state index contributed by atoms with van der Waals surface area (Å²) in [5.74, 6) is -0.433. The van der Waals surface area contributed by atoms with Gasteiger partial charge in [0.05, 0.1) is 5.41 Å². The van der Waals surface area contributed by atoms with Gasteiger partial charge in [-0.15, -0.1) is 0 Å². The van der Waals surface area contributed by atoms with Gasteiger partial charge in [-0.2, -0.15) is 0 Å². The van der Waals surface area contributed by atoms with Crippen molar-refractivity contribution in [3.63, 3.8) is 0 Å². The lowest BCUT2D eigenvalue weighted by Gasteiger charge is -2.31. The third-order valence-electron chi connectivity index (χ3n) is 4.06. The summed E-state index contributed by atoms with van der Waals surface area (Å²) < 4.78 is 0. The minimum atomic E-state index is -0.660. The predicted molar refractivity (Wildman–Crippen MR) is 63.5 cm³/mol. The maximum atomic E-state index is 11.7. The molecule has 0 bridgehead atoms. The Morgan fingerprint density at radius 1 is 1.44 bits per heavy atom. The van der Waals surface area contributed by atoms with Crippen molar-refractivity contribution in [2.75, 3.05) is 0 Å². The van der Waals surface area contributed by atoms with Gasteiger partial charge in [-0.05, 0) is 36.8 Å². The first-order valence-corrected chi connectivity index (χ1v) is 5.88. The molecule has 0 amide bonds. The molecule has 1 saturated carbocycles. The van der Waals surface area contributed by atoms with Crippen LogP contribution in [0.5, 0.6) is 0 Å². The summed E-state index contributed by atoms with van der Waals surface area (Å²) in [5.41, 5.74) is 1.46. The first-order valence-electron chi connectivity index (χ1n) is 5.88. The summed E-state index contributed by atoms with van der Waals surface area (Å²) in [4.78, 5) is 11.7. The number of hydrogen-bond acceptors (Lipinski definition) is 1. The van der Waals surface area contributed by atoms with E-state index in [1.54, 1.807) is 0 Å². The standard InChI is InChI=1S/C14H18O2/c1-10-6-3-4-8-12(10)14(13(15)16)9-5-7-11(14)2/h3-4,6,8,11H,5,7,9H2,1-2H3,(H,15,16). The summed E-state index contributed by atoms with van der Waals surface area (Å²) in [5, 5.41) is 9.61. The van der Waals surface area contributed by atoms with Crippen molar-refractivity contribution in [1.29, 1.82) is 0 Å². The fraction of sp³-hybridized carbons (Fsp3) is 0.500. The predicted octanol–water partition coefficient (Wildman–Crippen LogP) is 3.14. The van der Waals surface area contributed by atoms with Crippen molar-refractivity contribution < 1.29 is 9.90 Å². The molecular formula is C14H18O2. The zero-order valence-corrected chi connectivity index (χ0v) is 9.86. The molecule has 0 radical (unpaired) electrons. The third-order valence-corrected chi connectivity index (χ3v) is 4.06. The lowest BCUT2D eigenvalue weighted by atomic mass is 9.71. The molecular weight excluding hydrogens is 200 g/mol. The van der Waals surface area contributed by atoms with E-state index in [9.17, 15) is 9.90 Å². The summed E-state index contributed by atoms with van der Waals surface area (Å²) in [6, 6.07) is 7.89. The Morgan fingerprint density at radius 2 is 2.12 bits per heavy atom. The number of carboxylic acid groups (broad SMARTS) is 1. The van der Waals surface area contributed by atoms with Crippen molar-refractivity contribution in [3.8, 4) is 0 Å². The molecule has 0 aliphatic heterocycles. The Bertz CT molecular complexity index is 411. The number of hydrogen-bond donors (Lipinski definition) is 1. The monoisotopic (exact) mass is 218 g/mol. The molecule has 1 aromatic carbocycles. The molecule has 1 N–H and O–H groups in total. The van der Waals surface area contributed by atoms with E-state index in [2.05, 4.69) is 6.92 Å². The van der Waals surface area contributed by atoms with Crippen molar-refractivity contribution in [2.45, 2.75) is 38.5 Å². The van der Waals surface area contributed by atoms with E-state index in [1.807, 2.05) is 31.2 Å².